The number of ether oxygens (including phenoxy) is 1. The molecule has 1 amide bonds. The van der Waals surface area contributed by atoms with Crippen molar-refractivity contribution in [2.75, 3.05) is 60.0 Å². The molecule has 0 aromatic carbocycles. The summed E-state index contributed by atoms with van der Waals surface area (Å²) in [5, 5.41) is 0. The van der Waals surface area contributed by atoms with Gasteiger partial charge in [0.1, 0.15) is 6.04 Å². The van der Waals surface area contributed by atoms with Crippen molar-refractivity contribution in [3.63, 3.8) is 0 Å². The molecule has 4 rings (SSSR count). The van der Waals surface area contributed by atoms with Gasteiger partial charge in [-0.3, -0.25) is 19.6 Å². The zero-order valence-corrected chi connectivity index (χ0v) is 16.5. The molecule has 0 unspecified atom stereocenters. The Morgan fingerprint density at radius 1 is 1.26 bits per heavy atom. The minimum Gasteiger partial charge on any atom is -0.383 e. The van der Waals surface area contributed by atoms with E-state index in [9.17, 15) is 4.79 Å². The summed E-state index contributed by atoms with van der Waals surface area (Å²) in [6.07, 6.45) is 5.77. The third kappa shape index (κ3) is 3.49. The Morgan fingerprint density at radius 2 is 2.07 bits per heavy atom. The number of hydrogen-bond acceptors (Lipinski definition) is 6. The number of carbonyl (C=O) groups is 1. The molecule has 0 bridgehead atoms. The van der Waals surface area contributed by atoms with Gasteiger partial charge in [-0.05, 0) is 31.5 Å². The number of pyridine rings is 1. The molecule has 7 nitrogen and oxygen atoms in total. The van der Waals surface area contributed by atoms with E-state index in [1.165, 1.54) is 5.56 Å². The van der Waals surface area contributed by atoms with E-state index in [4.69, 9.17) is 4.74 Å². The lowest BCUT2D eigenvalue weighted by atomic mass is 9.93. The minimum atomic E-state index is -0.132. The minimum absolute atomic E-state index is 0.00507. The maximum Gasteiger partial charge on any atom is 0.242 e. The highest BCUT2D eigenvalue weighted by Crippen LogP contribution is 2.41. The lowest BCUT2D eigenvalue weighted by Gasteiger charge is -2.50. The van der Waals surface area contributed by atoms with Crippen LogP contribution in [0.3, 0.4) is 0 Å². The lowest BCUT2D eigenvalue weighted by molar-refractivity contribution is -0.135. The molecule has 0 saturated carbocycles. The van der Waals surface area contributed by atoms with Gasteiger partial charge in [0.05, 0.1) is 12.3 Å². The summed E-state index contributed by atoms with van der Waals surface area (Å²) < 4.78 is 5.32. The van der Waals surface area contributed by atoms with Crippen LogP contribution in [-0.2, 0) is 16.1 Å². The van der Waals surface area contributed by atoms with Gasteiger partial charge in [0.2, 0.25) is 5.91 Å². The van der Waals surface area contributed by atoms with Crippen LogP contribution >= 0.6 is 0 Å². The molecule has 3 fully saturated rings. The fourth-order valence-corrected chi connectivity index (χ4v) is 5.05. The number of fused-ring (bicyclic) bond motifs is 2. The zero-order chi connectivity index (χ0) is 18.9. The second-order valence-electron chi connectivity index (χ2n) is 8.07. The van der Waals surface area contributed by atoms with Crippen LogP contribution in [0.2, 0.25) is 0 Å². The van der Waals surface area contributed by atoms with Crippen LogP contribution in [0.4, 0.5) is 0 Å². The van der Waals surface area contributed by atoms with Crippen molar-refractivity contribution in [3.8, 4) is 0 Å². The average Bonchev–Trinajstić information content (AvgIpc) is 2.90. The van der Waals surface area contributed by atoms with E-state index in [0.717, 1.165) is 52.1 Å². The molecule has 3 aliphatic heterocycles. The van der Waals surface area contributed by atoms with Crippen molar-refractivity contribution >= 4 is 5.91 Å². The van der Waals surface area contributed by atoms with Crippen molar-refractivity contribution in [1.29, 1.82) is 0 Å². The number of likely N-dealkylation sites (N-methyl/N-ethyl adjacent to an activating group) is 1. The zero-order valence-electron chi connectivity index (χ0n) is 16.5. The SMILES string of the molecule is COCCN1C(=O)[C@H]2CN(C)CCN2C12CCN(Cc1cccnc1)CC2. The largest absolute Gasteiger partial charge is 0.383 e. The molecule has 27 heavy (non-hydrogen) atoms. The van der Waals surface area contributed by atoms with Gasteiger partial charge in [-0.25, -0.2) is 0 Å². The third-order valence-electron chi connectivity index (χ3n) is 6.48. The fourth-order valence-electron chi connectivity index (χ4n) is 5.05. The van der Waals surface area contributed by atoms with E-state index in [-0.39, 0.29) is 11.7 Å². The predicted octanol–water partition coefficient (Wildman–Crippen LogP) is 0.478. The van der Waals surface area contributed by atoms with Crippen LogP contribution in [0.5, 0.6) is 0 Å². The molecule has 4 heterocycles. The van der Waals surface area contributed by atoms with Crippen LogP contribution in [0, 0.1) is 0 Å². The summed E-state index contributed by atoms with van der Waals surface area (Å²) >= 11 is 0. The number of nitrogens with zero attached hydrogens (tertiary/aromatic N) is 5. The normalized spacial score (nSPS) is 26.7. The summed E-state index contributed by atoms with van der Waals surface area (Å²) in [6.45, 7) is 7.07. The van der Waals surface area contributed by atoms with Crippen LogP contribution in [0.1, 0.15) is 18.4 Å². The number of piperazine rings is 1. The first-order valence-electron chi connectivity index (χ1n) is 10.0. The highest BCUT2D eigenvalue weighted by atomic mass is 16.5. The first-order chi connectivity index (χ1) is 13.1. The van der Waals surface area contributed by atoms with Gasteiger partial charge in [0, 0.05) is 65.3 Å². The molecule has 3 aliphatic rings. The third-order valence-corrected chi connectivity index (χ3v) is 6.48. The fraction of sp³-hybridized carbons (Fsp3) is 0.700. The Kier molecular flexibility index (Phi) is 5.45. The summed E-state index contributed by atoms with van der Waals surface area (Å²) in [5.41, 5.74) is 1.12. The number of amides is 1. The first-order valence-corrected chi connectivity index (χ1v) is 10.0. The number of methoxy groups -OCH3 is 1. The topological polar surface area (TPSA) is 52.2 Å². The van der Waals surface area contributed by atoms with E-state index in [0.29, 0.717) is 19.1 Å². The first kappa shape index (κ1) is 18.8. The Labute approximate surface area is 161 Å². The molecule has 1 aromatic rings. The van der Waals surface area contributed by atoms with Crippen LogP contribution in [0.15, 0.2) is 24.5 Å². The monoisotopic (exact) mass is 373 g/mol. The van der Waals surface area contributed by atoms with Gasteiger partial charge in [-0.1, -0.05) is 6.07 Å². The molecule has 7 heteroatoms. The van der Waals surface area contributed by atoms with E-state index >= 15 is 0 Å². The van der Waals surface area contributed by atoms with E-state index < -0.39 is 0 Å². The molecular formula is C20H31N5O2. The second kappa shape index (κ2) is 7.83. The van der Waals surface area contributed by atoms with Crippen LogP contribution < -0.4 is 0 Å². The average molecular weight is 374 g/mol. The summed E-state index contributed by atoms with van der Waals surface area (Å²) in [5.74, 6) is 0.291. The quantitative estimate of drug-likeness (QED) is 0.748. The molecule has 148 valence electrons. The Balaban J connectivity index is 1.50. The van der Waals surface area contributed by atoms with Gasteiger partial charge >= 0.3 is 0 Å². The summed E-state index contributed by atoms with van der Waals surface area (Å²) in [6, 6.07) is 4.14. The standard InChI is InChI=1S/C20H31N5O2/c1-22-10-11-24-18(16-22)19(26)25(12-13-27-2)20(24)5-8-23(9-6-20)15-17-4-3-7-21-14-17/h3-4,7,14,18H,5-6,8-13,15-16H2,1-2H3/t18-/m1/s1. The van der Waals surface area contributed by atoms with Crippen molar-refractivity contribution in [2.45, 2.75) is 31.1 Å². The van der Waals surface area contributed by atoms with Gasteiger partial charge in [-0.15, -0.1) is 0 Å². The number of piperidine rings is 1. The molecule has 0 radical (unpaired) electrons. The lowest BCUT2D eigenvalue weighted by Crippen LogP contribution is -2.63. The Bertz CT molecular complexity index is 647. The van der Waals surface area contributed by atoms with Gasteiger partial charge < -0.3 is 14.5 Å². The highest BCUT2D eigenvalue weighted by molar-refractivity contribution is 5.85. The van der Waals surface area contributed by atoms with Crippen molar-refractivity contribution in [2.24, 2.45) is 0 Å². The van der Waals surface area contributed by atoms with Crippen molar-refractivity contribution in [1.82, 2.24) is 24.6 Å². The molecule has 3 saturated heterocycles. The van der Waals surface area contributed by atoms with Gasteiger partial charge in [0.15, 0.2) is 0 Å². The van der Waals surface area contributed by atoms with Gasteiger partial charge in [0.25, 0.3) is 0 Å². The second-order valence-corrected chi connectivity index (χ2v) is 8.07. The summed E-state index contributed by atoms with van der Waals surface area (Å²) in [4.78, 5) is 26.9. The highest BCUT2D eigenvalue weighted by Gasteiger charge is 2.57. The number of hydrogen-bond donors (Lipinski definition) is 0. The molecule has 0 aliphatic carbocycles. The Morgan fingerprint density at radius 3 is 2.78 bits per heavy atom. The van der Waals surface area contributed by atoms with Crippen LogP contribution in [0.25, 0.3) is 0 Å². The maximum atomic E-state index is 13.2. The molecule has 1 spiro atoms. The van der Waals surface area contributed by atoms with E-state index in [2.05, 4.69) is 37.7 Å². The summed E-state index contributed by atoms with van der Waals surface area (Å²) in [7, 11) is 3.83. The molecule has 1 aromatic heterocycles. The van der Waals surface area contributed by atoms with Crippen LogP contribution in [-0.4, -0.2) is 102 Å². The maximum absolute atomic E-state index is 13.2. The van der Waals surface area contributed by atoms with E-state index in [1.54, 1.807) is 7.11 Å². The number of likely N-dealkylation sites (tertiary alicyclic amines) is 1. The molecule has 0 N–H and O–H groups in total. The van der Waals surface area contributed by atoms with Gasteiger partial charge in [-0.2, -0.15) is 0 Å². The van der Waals surface area contributed by atoms with E-state index in [1.807, 2.05) is 18.5 Å². The molecule has 1 atom stereocenters. The predicted molar refractivity (Wildman–Crippen MR) is 103 cm³/mol. The number of carbonyl (C=O) groups excluding carboxylic acids is 1. The molecular weight excluding hydrogens is 342 g/mol. The number of aromatic nitrogens is 1. The Hall–Kier alpha value is -1.54. The van der Waals surface area contributed by atoms with Crippen molar-refractivity contribution < 1.29 is 9.53 Å². The smallest absolute Gasteiger partial charge is 0.242 e. The van der Waals surface area contributed by atoms with Crippen molar-refractivity contribution in [3.05, 3.63) is 30.1 Å². The number of rotatable bonds is 5.